The van der Waals surface area contributed by atoms with Crippen molar-refractivity contribution in [2.24, 2.45) is 0 Å². The van der Waals surface area contributed by atoms with Gasteiger partial charge in [0.2, 0.25) is 21.8 Å². The standard InChI is InChI=1S/C26H36N4O5S/c1-28(36(2,33)34)21-25(31)30(20-23-11-7-4-8-12-23)24(19-22-9-5-3-6-10-22)26(32)27-13-14-29-15-17-35-18-16-29/h3-12,24H,13-21H2,1-2H3,(H,27,32)/t24-/m0/s1. The Morgan fingerprint density at radius 1 is 1.00 bits per heavy atom. The molecule has 1 aliphatic rings. The average molecular weight is 517 g/mol. The molecule has 3 rings (SSSR count). The summed E-state index contributed by atoms with van der Waals surface area (Å²) in [5, 5.41) is 3.01. The molecule has 0 saturated carbocycles. The SMILES string of the molecule is CN(CC(=O)N(Cc1ccccc1)[C@@H](Cc1ccccc1)C(=O)NCCN1CCOCC1)S(C)(=O)=O. The predicted octanol–water partition coefficient (Wildman–Crippen LogP) is 0.966. The minimum atomic E-state index is -3.57. The van der Waals surface area contributed by atoms with Crippen molar-refractivity contribution >= 4 is 21.8 Å². The maximum Gasteiger partial charge on any atom is 0.243 e. The number of benzene rings is 2. The fourth-order valence-corrected chi connectivity index (χ4v) is 4.36. The molecule has 0 spiro atoms. The maximum atomic E-state index is 13.5. The highest BCUT2D eigenvalue weighted by Gasteiger charge is 2.31. The lowest BCUT2D eigenvalue weighted by Crippen LogP contribution is -2.53. The van der Waals surface area contributed by atoms with Crippen molar-refractivity contribution in [3.05, 3.63) is 71.8 Å². The summed E-state index contributed by atoms with van der Waals surface area (Å²) in [7, 11) is -2.20. The van der Waals surface area contributed by atoms with Gasteiger partial charge in [0, 0.05) is 46.2 Å². The molecule has 1 heterocycles. The third-order valence-electron chi connectivity index (χ3n) is 6.22. The Hall–Kier alpha value is -2.79. The Morgan fingerprint density at radius 3 is 2.17 bits per heavy atom. The van der Waals surface area contributed by atoms with Crippen LogP contribution in [-0.2, 0) is 37.3 Å². The topological polar surface area (TPSA) is 99.3 Å². The van der Waals surface area contributed by atoms with Gasteiger partial charge in [-0.15, -0.1) is 0 Å². The molecule has 9 nitrogen and oxygen atoms in total. The lowest BCUT2D eigenvalue weighted by Gasteiger charge is -2.33. The minimum absolute atomic E-state index is 0.186. The van der Waals surface area contributed by atoms with E-state index in [4.69, 9.17) is 4.74 Å². The molecule has 2 aromatic rings. The number of carbonyl (C=O) groups excluding carboxylic acids is 2. The van der Waals surface area contributed by atoms with Crippen molar-refractivity contribution in [3.8, 4) is 0 Å². The normalized spacial score (nSPS) is 15.4. The number of rotatable bonds is 12. The maximum absolute atomic E-state index is 13.5. The molecule has 1 saturated heterocycles. The fourth-order valence-electron chi connectivity index (χ4n) is 4.01. The summed E-state index contributed by atoms with van der Waals surface area (Å²) >= 11 is 0. The number of amides is 2. The molecule has 0 aliphatic carbocycles. The van der Waals surface area contributed by atoms with E-state index in [9.17, 15) is 18.0 Å². The second-order valence-electron chi connectivity index (χ2n) is 8.98. The summed E-state index contributed by atoms with van der Waals surface area (Å²) in [6, 6.07) is 18.1. The third-order valence-corrected chi connectivity index (χ3v) is 7.48. The van der Waals surface area contributed by atoms with E-state index in [1.807, 2.05) is 60.7 Å². The van der Waals surface area contributed by atoms with Gasteiger partial charge in [-0.25, -0.2) is 8.42 Å². The number of ether oxygens (including phenoxy) is 1. The van der Waals surface area contributed by atoms with Gasteiger partial charge in [0.1, 0.15) is 6.04 Å². The highest BCUT2D eigenvalue weighted by Crippen LogP contribution is 2.15. The Kier molecular flexibility index (Phi) is 10.4. The molecular weight excluding hydrogens is 480 g/mol. The van der Waals surface area contributed by atoms with Gasteiger partial charge in [-0.2, -0.15) is 4.31 Å². The Morgan fingerprint density at radius 2 is 1.58 bits per heavy atom. The van der Waals surface area contributed by atoms with Gasteiger partial charge in [-0.05, 0) is 11.1 Å². The molecule has 2 aromatic carbocycles. The lowest BCUT2D eigenvalue weighted by atomic mass is 10.0. The minimum Gasteiger partial charge on any atom is -0.379 e. The number of morpholine rings is 1. The molecule has 196 valence electrons. The Bertz CT molecular complexity index is 1080. The third kappa shape index (κ3) is 8.70. The van der Waals surface area contributed by atoms with Gasteiger partial charge < -0.3 is 15.0 Å². The summed E-state index contributed by atoms with van der Waals surface area (Å²) in [6.45, 7) is 3.97. The van der Waals surface area contributed by atoms with Crippen LogP contribution in [0.2, 0.25) is 0 Å². The molecule has 10 heteroatoms. The van der Waals surface area contributed by atoms with E-state index in [1.54, 1.807) is 0 Å². The largest absolute Gasteiger partial charge is 0.379 e. The average Bonchev–Trinajstić information content (AvgIpc) is 2.87. The first-order valence-corrected chi connectivity index (χ1v) is 14.0. The first-order valence-electron chi connectivity index (χ1n) is 12.1. The van der Waals surface area contributed by atoms with Crippen LogP contribution in [0.1, 0.15) is 11.1 Å². The first-order chi connectivity index (χ1) is 17.2. The van der Waals surface area contributed by atoms with E-state index >= 15 is 0 Å². The molecule has 1 atom stereocenters. The zero-order valence-electron chi connectivity index (χ0n) is 21.0. The van der Waals surface area contributed by atoms with Crippen LogP contribution in [0, 0.1) is 0 Å². The smallest absolute Gasteiger partial charge is 0.243 e. The van der Waals surface area contributed by atoms with Crippen LogP contribution in [-0.4, -0.2) is 99.6 Å². The highest BCUT2D eigenvalue weighted by molar-refractivity contribution is 7.88. The number of sulfonamides is 1. The van der Waals surface area contributed by atoms with E-state index in [1.165, 1.54) is 11.9 Å². The summed E-state index contributed by atoms with van der Waals surface area (Å²) in [4.78, 5) is 30.7. The molecule has 1 aliphatic heterocycles. The molecule has 2 amide bonds. The van der Waals surface area contributed by atoms with Gasteiger partial charge >= 0.3 is 0 Å². The van der Waals surface area contributed by atoms with Crippen LogP contribution in [0.5, 0.6) is 0 Å². The van der Waals surface area contributed by atoms with Crippen LogP contribution in [0.3, 0.4) is 0 Å². The fraction of sp³-hybridized carbons (Fsp3) is 0.462. The van der Waals surface area contributed by atoms with Crippen LogP contribution in [0.25, 0.3) is 0 Å². The van der Waals surface area contributed by atoms with E-state index in [-0.39, 0.29) is 19.0 Å². The molecule has 0 bridgehead atoms. The van der Waals surface area contributed by atoms with Crippen molar-refractivity contribution in [3.63, 3.8) is 0 Å². The van der Waals surface area contributed by atoms with Crippen molar-refractivity contribution in [2.45, 2.75) is 19.0 Å². The van der Waals surface area contributed by atoms with Crippen LogP contribution >= 0.6 is 0 Å². The van der Waals surface area contributed by atoms with Crippen LogP contribution in [0.4, 0.5) is 0 Å². The summed E-state index contributed by atoms with van der Waals surface area (Å²) in [6.07, 6.45) is 1.37. The van der Waals surface area contributed by atoms with Gasteiger partial charge in [0.25, 0.3) is 0 Å². The predicted molar refractivity (Wildman–Crippen MR) is 139 cm³/mol. The molecule has 0 radical (unpaired) electrons. The second kappa shape index (κ2) is 13.5. The lowest BCUT2D eigenvalue weighted by molar-refractivity contribution is -0.141. The molecule has 0 aromatic heterocycles. The van der Waals surface area contributed by atoms with Gasteiger partial charge in [-0.3, -0.25) is 14.5 Å². The molecule has 1 fully saturated rings. The number of carbonyl (C=O) groups is 2. The quantitative estimate of drug-likeness (QED) is 0.451. The van der Waals surface area contributed by atoms with Crippen molar-refractivity contribution in [1.82, 2.24) is 19.4 Å². The zero-order valence-corrected chi connectivity index (χ0v) is 21.8. The number of likely N-dealkylation sites (N-methyl/N-ethyl adjacent to an activating group) is 1. The molecule has 0 unspecified atom stereocenters. The summed E-state index contributed by atoms with van der Waals surface area (Å²) in [5.74, 6) is -0.700. The van der Waals surface area contributed by atoms with Crippen LogP contribution in [0.15, 0.2) is 60.7 Å². The molecule has 1 N–H and O–H groups in total. The first kappa shape index (κ1) is 27.8. The van der Waals surface area contributed by atoms with Crippen molar-refractivity contribution < 1.29 is 22.7 Å². The van der Waals surface area contributed by atoms with E-state index in [0.717, 1.165) is 34.8 Å². The molecular formula is C26H36N4O5S. The second-order valence-corrected chi connectivity index (χ2v) is 11.1. The van der Waals surface area contributed by atoms with Crippen LogP contribution < -0.4 is 5.32 Å². The Labute approximate surface area is 214 Å². The number of hydrogen-bond donors (Lipinski definition) is 1. The number of nitrogens with zero attached hydrogens (tertiary/aromatic N) is 3. The highest BCUT2D eigenvalue weighted by atomic mass is 32.2. The number of hydrogen-bond acceptors (Lipinski definition) is 6. The zero-order chi connectivity index (χ0) is 26.0. The van der Waals surface area contributed by atoms with Gasteiger partial charge in [-0.1, -0.05) is 60.7 Å². The van der Waals surface area contributed by atoms with Gasteiger partial charge in [0.15, 0.2) is 0 Å². The van der Waals surface area contributed by atoms with E-state index in [0.29, 0.717) is 32.7 Å². The van der Waals surface area contributed by atoms with E-state index in [2.05, 4.69) is 10.2 Å². The van der Waals surface area contributed by atoms with Crippen molar-refractivity contribution in [1.29, 1.82) is 0 Å². The monoisotopic (exact) mass is 516 g/mol. The Balaban J connectivity index is 1.83. The number of nitrogens with one attached hydrogen (secondary N) is 1. The van der Waals surface area contributed by atoms with E-state index < -0.39 is 22.0 Å². The summed E-state index contributed by atoms with van der Waals surface area (Å²) in [5.41, 5.74) is 1.76. The summed E-state index contributed by atoms with van der Waals surface area (Å²) < 4.78 is 30.4. The van der Waals surface area contributed by atoms with Gasteiger partial charge in [0.05, 0.1) is 26.0 Å². The molecule has 36 heavy (non-hydrogen) atoms. The van der Waals surface area contributed by atoms with Crippen molar-refractivity contribution in [2.75, 3.05) is 59.2 Å².